The van der Waals surface area contributed by atoms with Gasteiger partial charge in [-0.3, -0.25) is 9.69 Å². The van der Waals surface area contributed by atoms with Crippen molar-refractivity contribution in [3.05, 3.63) is 23.8 Å². The summed E-state index contributed by atoms with van der Waals surface area (Å²) in [6.07, 6.45) is 4.77. The van der Waals surface area contributed by atoms with E-state index in [1.807, 2.05) is 25.1 Å². The van der Waals surface area contributed by atoms with Crippen LogP contribution in [0.5, 0.6) is 5.75 Å². The maximum atomic E-state index is 12.7. The standard InChI is InChI=1S/C20H30N2O4/c1-15-7-8-19(24-2)18(11-15)21-20(23)14-22(12-16-5-3-9-25-16)13-17-6-4-10-26-17/h7-8,11,16-17H,3-6,9-10,12-14H2,1-2H3,(H,21,23)/t16-,17-/m0/s1. The van der Waals surface area contributed by atoms with Crippen LogP contribution >= 0.6 is 0 Å². The molecule has 0 aromatic heterocycles. The first-order valence-corrected chi connectivity index (χ1v) is 9.54. The second kappa shape index (κ2) is 9.35. The molecule has 0 unspecified atom stereocenters. The quantitative estimate of drug-likeness (QED) is 0.770. The lowest BCUT2D eigenvalue weighted by atomic mass is 10.2. The van der Waals surface area contributed by atoms with Gasteiger partial charge in [-0.15, -0.1) is 0 Å². The molecule has 2 atom stereocenters. The summed E-state index contributed by atoms with van der Waals surface area (Å²) in [6, 6.07) is 5.78. The number of nitrogens with one attached hydrogen (secondary N) is 1. The maximum absolute atomic E-state index is 12.7. The Balaban J connectivity index is 1.60. The first kappa shape index (κ1) is 19.1. The molecule has 2 aliphatic rings. The second-order valence-electron chi connectivity index (χ2n) is 7.22. The van der Waals surface area contributed by atoms with Crippen LogP contribution in [0.1, 0.15) is 31.2 Å². The van der Waals surface area contributed by atoms with Crippen molar-refractivity contribution in [2.75, 3.05) is 45.3 Å². The van der Waals surface area contributed by atoms with Crippen LogP contribution in [0.25, 0.3) is 0 Å². The number of nitrogens with zero attached hydrogens (tertiary/aromatic N) is 1. The zero-order chi connectivity index (χ0) is 18.4. The zero-order valence-electron chi connectivity index (χ0n) is 15.8. The van der Waals surface area contributed by atoms with Crippen LogP contribution in [0.3, 0.4) is 0 Å². The highest BCUT2D eigenvalue weighted by molar-refractivity contribution is 5.93. The van der Waals surface area contributed by atoms with E-state index in [-0.39, 0.29) is 18.1 Å². The Morgan fingerprint density at radius 3 is 2.38 bits per heavy atom. The van der Waals surface area contributed by atoms with Crippen molar-refractivity contribution in [2.45, 2.75) is 44.8 Å². The van der Waals surface area contributed by atoms with Crippen LogP contribution in [0.15, 0.2) is 18.2 Å². The van der Waals surface area contributed by atoms with E-state index in [2.05, 4.69) is 10.2 Å². The molecule has 0 aliphatic carbocycles. The van der Waals surface area contributed by atoms with Gasteiger partial charge in [0.1, 0.15) is 5.75 Å². The average Bonchev–Trinajstić information content (AvgIpc) is 3.29. The van der Waals surface area contributed by atoms with Crippen LogP contribution in [0.2, 0.25) is 0 Å². The molecular formula is C20H30N2O4. The third-order valence-electron chi connectivity index (χ3n) is 4.97. The third kappa shape index (κ3) is 5.43. The van der Waals surface area contributed by atoms with Gasteiger partial charge in [-0.05, 0) is 50.3 Å². The van der Waals surface area contributed by atoms with Crippen molar-refractivity contribution in [3.8, 4) is 5.75 Å². The number of rotatable bonds is 8. The molecule has 0 radical (unpaired) electrons. The number of hydrogen-bond acceptors (Lipinski definition) is 5. The zero-order valence-corrected chi connectivity index (χ0v) is 15.8. The molecule has 2 saturated heterocycles. The molecule has 0 bridgehead atoms. The molecule has 1 amide bonds. The van der Waals surface area contributed by atoms with Crippen LogP contribution < -0.4 is 10.1 Å². The molecule has 6 nitrogen and oxygen atoms in total. The maximum Gasteiger partial charge on any atom is 0.238 e. The summed E-state index contributed by atoms with van der Waals surface area (Å²) in [5.74, 6) is 0.638. The molecule has 0 saturated carbocycles. The summed E-state index contributed by atoms with van der Waals surface area (Å²) in [5, 5.41) is 3.00. The van der Waals surface area contributed by atoms with E-state index in [1.54, 1.807) is 7.11 Å². The molecule has 2 heterocycles. The fraction of sp³-hybridized carbons (Fsp3) is 0.650. The molecule has 144 valence electrons. The van der Waals surface area contributed by atoms with Gasteiger partial charge < -0.3 is 19.5 Å². The molecule has 1 aromatic rings. The van der Waals surface area contributed by atoms with Crippen LogP contribution in [0, 0.1) is 6.92 Å². The highest BCUT2D eigenvalue weighted by Crippen LogP contribution is 2.25. The molecule has 3 rings (SSSR count). The van der Waals surface area contributed by atoms with Crippen LogP contribution in [-0.4, -0.2) is 63.0 Å². The SMILES string of the molecule is COc1ccc(C)cc1NC(=O)CN(C[C@@H]1CCCO1)C[C@@H]1CCCO1. The van der Waals surface area contributed by atoms with Crippen molar-refractivity contribution < 1.29 is 19.0 Å². The summed E-state index contributed by atoms with van der Waals surface area (Å²) in [7, 11) is 1.61. The molecule has 1 N–H and O–H groups in total. The summed E-state index contributed by atoms with van der Waals surface area (Å²) < 4.78 is 16.9. The average molecular weight is 362 g/mol. The molecular weight excluding hydrogens is 332 g/mol. The number of carbonyl (C=O) groups is 1. The van der Waals surface area contributed by atoms with Gasteiger partial charge in [0.05, 0.1) is 31.5 Å². The first-order chi connectivity index (χ1) is 12.6. The second-order valence-corrected chi connectivity index (χ2v) is 7.22. The Morgan fingerprint density at radius 1 is 1.19 bits per heavy atom. The smallest absolute Gasteiger partial charge is 0.238 e. The summed E-state index contributed by atoms with van der Waals surface area (Å²) in [4.78, 5) is 14.8. The third-order valence-corrected chi connectivity index (χ3v) is 4.97. The lowest BCUT2D eigenvalue weighted by Gasteiger charge is -2.27. The summed E-state index contributed by atoms with van der Waals surface area (Å²) in [6.45, 7) is 5.53. The Kier molecular flexibility index (Phi) is 6.88. The number of methoxy groups -OCH3 is 1. The van der Waals surface area contributed by atoms with Gasteiger partial charge in [0.2, 0.25) is 5.91 Å². The Hall–Kier alpha value is -1.63. The highest BCUT2D eigenvalue weighted by atomic mass is 16.5. The van der Waals surface area contributed by atoms with Crippen LogP contribution in [-0.2, 0) is 14.3 Å². The van der Waals surface area contributed by atoms with Gasteiger partial charge >= 0.3 is 0 Å². The van der Waals surface area contributed by atoms with Gasteiger partial charge in [0.25, 0.3) is 0 Å². The fourth-order valence-corrected chi connectivity index (χ4v) is 3.67. The van der Waals surface area contributed by atoms with Gasteiger partial charge in [0.15, 0.2) is 0 Å². The number of aryl methyl sites for hydroxylation is 1. The largest absolute Gasteiger partial charge is 0.495 e. The van der Waals surface area contributed by atoms with Gasteiger partial charge in [0, 0.05) is 26.3 Å². The van der Waals surface area contributed by atoms with Gasteiger partial charge in [-0.1, -0.05) is 6.07 Å². The van der Waals surface area contributed by atoms with Crippen molar-refractivity contribution in [3.63, 3.8) is 0 Å². The molecule has 2 fully saturated rings. The van der Waals surface area contributed by atoms with E-state index in [1.165, 1.54) is 0 Å². The Morgan fingerprint density at radius 2 is 1.85 bits per heavy atom. The summed E-state index contributed by atoms with van der Waals surface area (Å²) in [5.41, 5.74) is 1.79. The summed E-state index contributed by atoms with van der Waals surface area (Å²) >= 11 is 0. The van der Waals surface area contributed by atoms with Gasteiger partial charge in [-0.2, -0.15) is 0 Å². The lowest BCUT2D eigenvalue weighted by Crippen LogP contribution is -2.42. The first-order valence-electron chi connectivity index (χ1n) is 9.54. The van der Waals surface area contributed by atoms with Gasteiger partial charge in [-0.25, -0.2) is 0 Å². The Bertz CT molecular complexity index is 577. The minimum Gasteiger partial charge on any atom is -0.495 e. The predicted octanol–water partition coefficient (Wildman–Crippen LogP) is 2.60. The number of amides is 1. The van der Waals surface area contributed by atoms with E-state index in [9.17, 15) is 4.79 Å². The monoisotopic (exact) mass is 362 g/mol. The van der Waals surface area contributed by atoms with Crippen LogP contribution in [0.4, 0.5) is 5.69 Å². The highest BCUT2D eigenvalue weighted by Gasteiger charge is 2.25. The minimum absolute atomic E-state index is 0.0371. The molecule has 0 spiro atoms. The molecule has 6 heteroatoms. The number of hydrogen-bond donors (Lipinski definition) is 1. The molecule has 1 aromatic carbocycles. The van der Waals surface area contributed by atoms with E-state index >= 15 is 0 Å². The number of benzene rings is 1. The predicted molar refractivity (Wildman–Crippen MR) is 101 cm³/mol. The topological polar surface area (TPSA) is 60.0 Å². The van der Waals surface area contributed by atoms with Crippen molar-refractivity contribution in [1.29, 1.82) is 0 Å². The van der Waals surface area contributed by atoms with E-state index in [4.69, 9.17) is 14.2 Å². The van der Waals surface area contributed by atoms with Crippen molar-refractivity contribution in [1.82, 2.24) is 4.90 Å². The number of carbonyl (C=O) groups excluding carboxylic acids is 1. The fourth-order valence-electron chi connectivity index (χ4n) is 3.67. The van der Waals surface area contributed by atoms with Crippen molar-refractivity contribution >= 4 is 11.6 Å². The van der Waals surface area contributed by atoms with E-state index in [0.29, 0.717) is 18.0 Å². The minimum atomic E-state index is -0.0371. The molecule has 26 heavy (non-hydrogen) atoms. The number of ether oxygens (including phenoxy) is 3. The van der Waals surface area contributed by atoms with E-state index in [0.717, 1.165) is 57.6 Å². The Labute approximate surface area is 155 Å². The van der Waals surface area contributed by atoms with E-state index < -0.39 is 0 Å². The number of anilines is 1. The molecule has 2 aliphatic heterocycles. The van der Waals surface area contributed by atoms with Crippen molar-refractivity contribution in [2.24, 2.45) is 0 Å². The normalized spacial score (nSPS) is 22.7. The lowest BCUT2D eigenvalue weighted by molar-refractivity contribution is -0.118.